The second-order valence-corrected chi connectivity index (χ2v) is 3.97. The molecular formula is C12H9Cl2NO. The van der Waals surface area contributed by atoms with Crippen molar-refractivity contribution in [2.24, 2.45) is 0 Å². The third-order valence-electron chi connectivity index (χ3n) is 2.19. The minimum atomic E-state index is 0.560. The molecule has 0 amide bonds. The molecule has 0 saturated carbocycles. The van der Waals surface area contributed by atoms with E-state index in [1.54, 1.807) is 37.6 Å². The molecule has 0 aliphatic carbocycles. The van der Waals surface area contributed by atoms with Gasteiger partial charge in [0.15, 0.2) is 0 Å². The molecule has 0 saturated heterocycles. The topological polar surface area (TPSA) is 22.1 Å². The van der Waals surface area contributed by atoms with E-state index in [9.17, 15) is 0 Å². The molecule has 0 spiro atoms. The number of aromatic nitrogens is 1. The van der Waals surface area contributed by atoms with Crippen molar-refractivity contribution >= 4 is 23.2 Å². The van der Waals surface area contributed by atoms with E-state index in [4.69, 9.17) is 27.9 Å². The molecule has 0 aliphatic rings. The maximum absolute atomic E-state index is 6.11. The minimum absolute atomic E-state index is 0.560. The zero-order valence-corrected chi connectivity index (χ0v) is 10.1. The zero-order valence-electron chi connectivity index (χ0n) is 8.58. The first-order valence-electron chi connectivity index (χ1n) is 4.67. The Labute approximate surface area is 104 Å². The summed E-state index contributed by atoms with van der Waals surface area (Å²) in [7, 11) is 1.59. The lowest BCUT2D eigenvalue weighted by atomic mass is 10.1. The summed E-state index contributed by atoms with van der Waals surface area (Å²) in [6.45, 7) is 0. The maximum atomic E-state index is 6.11. The maximum Gasteiger partial charge on any atom is 0.145 e. The number of halogens is 2. The SMILES string of the molecule is COc1cccnc1-c1c(Cl)cccc1Cl. The summed E-state index contributed by atoms with van der Waals surface area (Å²) < 4.78 is 5.23. The normalized spacial score (nSPS) is 10.2. The van der Waals surface area contributed by atoms with Gasteiger partial charge in [-0.15, -0.1) is 0 Å². The Balaban J connectivity index is 2.67. The van der Waals surface area contributed by atoms with Crippen LogP contribution < -0.4 is 4.74 Å². The van der Waals surface area contributed by atoms with Gasteiger partial charge in [-0.2, -0.15) is 0 Å². The van der Waals surface area contributed by atoms with Crippen molar-refractivity contribution in [1.29, 1.82) is 0 Å². The summed E-state index contributed by atoms with van der Waals surface area (Å²) in [4.78, 5) is 4.25. The molecule has 0 bridgehead atoms. The average molecular weight is 254 g/mol. The van der Waals surface area contributed by atoms with Crippen LogP contribution in [0.1, 0.15) is 0 Å². The molecule has 4 heteroatoms. The van der Waals surface area contributed by atoms with Crippen molar-refractivity contribution in [1.82, 2.24) is 4.98 Å². The van der Waals surface area contributed by atoms with Gasteiger partial charge in [-0.1, -0.05) is 29.3 Å². The number of pyridine rings is 1. The smallest absolute Gasteiger partial charge is 0.145 e. The summed E-state index contributed by atoms with van der Waals surface area (Å²) in [6, 6.07) is 8.96. The van der Waals surface area contributed by atoms with Crippen LogP contribution in [0.5, 0.6) is 5.75 Å². The van der Waals surface area contributed by atoms with Gasteiger partial charge in [0.05, 0.1) is 17.2 Å². The molecule has 1 aromatic heterocycles. The predicted octanol–water partition coefficient (Wildman–Crippen LogP) is 4.06. The van der Waals surface area contributed by atoms with Crippen LogP contribution in [-0.2, 0) is 0 Å². The molecule has 0 unspecified atom stereocenters. The third-order valence-corrected chi connectivity index (χ3v) is 2.82. The van der Waals surface area contributed by atoms with E-state index in [0.29, 0.717) is 27.1 Å². The lowest BCUT2D eigenvalue weighted by Crippen LogP contribution is -1.91. The molecule has 82 valence electrons. The van der Waals surface area contributed by atoms with Gasteiger partial charge in [-0.05, 0) is 24.3 Å². The Morgan fingerprint density at radius 1 is 1.06 bits per heavy atom. The van der Waals surface area contributed by atoms with E-state index in [0.717, 1.165) is 0 Å². The molecule has 2 aromatic rings. The van der Waals surface area contributed by atoms with Crippen LogP contribution in [0.25, 0.3) is 11.3 Å². The summed E-state index contributed by atoms with van der Waals surface area (Å²) >= 11 is 12.2. The number of nitrogens with zero attached hydrogens (tertiary/aromatic N) is 1. The van der Waals surface area contributed by atoms with Crippen molar-refractivity contribution in [2.45, 2.75) is 0 Å². The van der Waals surface area contributed by atoms with Crippen molar-refractivity contribution in [2.75, 3.05) is 7.11 Å². The molecule has 0 atom stereocenters. The van der Waals surface area contributed by atoms with Gasteiger partial charge in [0.2, 0.25) is 0 Å². The number of hydrogen-bond donors (Lipinski definition) is 0. The van der Waals surface area contributed by atoms with Gasteiger partial charge in [-0.3, -0.25) is 4.98 Å². The average Bonchev–Trinajstić information content (AvgIpc) is 2.29. The molecule has 1 aromatic carbocycles. The van der Waals surface area contributed by atoms with Crippen molar-refractivity contribution < 1.29 is 4.74 Å². The van der Waals surface area contributed by atoms with Crippen molar-refractivity contribution in [3.05, 3.63) is 46.6 Å². The second-order valence-electron chi connectivity index (χ2n) is 3.15. The van der Waals surface area contributed by atoms with Crippen LogP contribution in [0.2, 0.25) is 10.0 Å². The Morgan fingerprint density at radius 2 is 1.75 bits per heavy atom. The summed E-state index contributed by atoms with van der Waals surface area (Å²) in [6.07, 6.45) is 1.68. The highest BCUT2D eigenvalue weighted by Gasteiger charge is 2.13. The molecule has 2 nitrogen and oxygen atoms in total. The van der Waals surface area contributed by atoms with Crippen molar-refractivity contribution in [3.8, 4) is 17.0 Å². The van der Waals surface area contributed by atoms with Crippen molar-refractivity contribution in [3.63, 3.8) is 0 Å². The quantitative estimate of drug-likeness (QED) is 0.806. The van der Waals surface area contributed by atoms with Gasteiger partial charge >= 0.3 is 0 Å². The number of methoxy groups -OCH3 is 1. The zero-order chi connectivity index (χ0) is 11.5. The largest absolute Gasteiger partial charge is 0.494 e. The lowest BCUT2D eigenvalue weighted by Gasteiger charge is -2.09. The van der Waals surface area contributed by atoms with Gasteiger partial charge < -0.3 is 4.74 Å². The fourth-order valence-corrected chi connectivity index (χ4v) is 2.04. The lowest BCUT2D eigenvalue weighted by molar-refractivity contribution is 0.415. The van der Waals surface area contributed by atoms with E-state index in [-0.39, 0.29) is 0 Å². The predicted molar refractivity (Wildman–Crippen MR) is 66.2 cm³/mol. The van der Waals surface area contributed by atoms with E-state index in [1.807, 2.05) is 6.07 Å². The Morgan fingerprint density at radius 3 is 2.38 bits per heavy atom. The van der Waals surface area contributed by atoms with E-state index in [1.165, 1.54) is 0 Å². The first-order valence-corrected chi connectivity index (χ1v) is 5.43. The summed E-state index contributed by atoms with van der Waals surface area (Å²) in [5.74, 6) is 0.650. The standard InChI is InChI=1S/C12H9Cl2NO/c1-16-10-6-3-7-15-12(10)11-8(13)4-2-5-9(11)14/h2-7H,1H3. The molecule has 0 aliphatic heterocycles. The molecule has 1 heterocycles. The highest BCUT2D eigenvalue weighted by molar-refractivity contribution is 6.39. The fraction of sp³-hybridized carbons (Fsp3) is 0.0833. The third kappa shape index (κ3) is 1.99. The van der Waals surface area contributed by atoms with E-state index >= 15 is 0 Å². The van der Waals surface area contributed by atoms with Gasteiger partial charge in [0.1, 0.15) is 11.4 Å². The Kier molecular flexibility index (Phi) is 3.32. The van der Waals surface area contributed by atoms with Crippen LogP contribution in [-0.4, -0.2) is 12.1 Å². The first kappa shape index (κ1) is 11.2. The van der Waals surface area contributed by atoms with Gasteiger partial charge in [-0.25, -0.2) is 0 Å². The van der Waals surface area contributed by atoms with Crippen LogP contribution >= 0.6 is 23.2 Å². The molecule has 0 N–H and O–H groups in total. The van der Waals surface area contributed by atoms with Gasteiger partial charge in [0, 0.05) is 11.8 Å². The summed E-state index contributed by atoms with van der Waals surface area (Å²) in [5.41, 5.74) is 1.35. The van der Waals surface area contributed by atoms with E-state index in [2.05, 4.69) is 4.98 Å². The number of rotatable bonds is 2. The molecule has 0 fully saturated rings. The molecule has 16 heavy (non-hydrogen) atoms. The highest BCUT2D eigenvalue weighted by atomic mass is 35.5. The minimum Gasteiger partial charge on any atom is -0.494 e. The highest BCUT2D eigenvalue weighted by Crippen LogP contribution is 2.37. The Hall–Kier alpha value is -1.25. The summed E-state index contributed by atoms with van der Waals surface area (Å²) in [5, 5.41) is 1.12. The number of benzene rings is 1. The molecule has 0 radical (unpaired) electrons. The number of ether oxygens (including phenoxy) is 1. The van der Waals surface area contributed by atoms with E-state index < -0.39 is 0 Å². The fourth-order valence-electron chi connectivity index (χ4n) is 1.47. The van der Waals surface area contributed by atoms with Crippen LogP contribution in [0.4, 0.5) is 0 Å². The molecular weight excluding hydrogens is 245 g/mol. The second kappa shape index (κ2) is 4.73. The first-order chi connectivity index (χ1) is 7.74. The van der Waals surface area contributed by atoms with Gasteiger partial charge in [0.25, 0.3) is 0 Å². The van der Waals surface area contributed by atoms with Crippen LogP contribution in [0.3, 0.4) is 0 Å². The van der Waals surface area contributed by atoms with Crippen LogP contribution in [0, 0.1) is 0 Å². The Bertz CT molecular complexity index is 494. The van der Waals surface area contributed by atoms with Crippen LogP contribution in [0.15, 0.2) is 36.5 Å². The number of hydrogen-bond acceptors (Lipinski definition) is 2. The molecule has 2 rings (SSSR count). The monoisotopic (exact) mass is 253 g/mol.